The van der Waals surface area contributed by atoms with E-state index in [1.54, 1.807) is 6.20 Å². The first-order valence-electron chi connectivity index (χ1n) is 5.55. The van der Waals surface area contributed by atoms with Gasteiger partial charge in [-0.15, -0.1) is 0 Å². The molecule has 1 saturated heterocycles. The van der Waals surface area contributed by atoms with Crippen molar-refractivity contribution in [3.8, 4) is 0 Å². The number of carbonyl (C=O) groups is 1. The van der Waals surface area contributed by atoms with Crippen molar-refractivity contribution in [2.45, 2.75) is 25.8 Å². The van der Waals surface area contributed by atoms with Crippen molar-refractivity contribution in [2.24, 2.45) is 5.92 Å². The molecular formula is C11H16N2O3. The Balaban J connectivity index is 1.84. The summed E-state index contributed by atoms with van der Waals surface area (Å²) in [7, 11) is 0. The maximum absolute atomic E-state index is 10.4. The minimum Gasteiger partial charge on any atom is -0.481 e. The number of carboxylic acids is 1. The van der Waals surface area contributed by atoms with E-state index in [4.69, 9.17) is 9.84 Å². The zero-order valence-electron chi connectivity index (χ0n) is 9.13. The van der Waals surface area contributed by atoms with Crippen molar-refractivity contribution in [1.29, 1.82) is 0 Å². The zero-order chi connectivity index (χ0) is 11.4. The molecule has 1 fully saturated rings. The van der Waals surface area contributed by atoms with Crippen molar-refractivity contribution in [3.05, 3.63) is 18.0 Å². The number of carboxylic acid groups (broad SMARTS) is 1. The largest absolute Gasteiger partial charge is 0.481 e. The van der Waals surface area contributed by atoms with E-state index in [-0.39, 0.29) is 6.42 Å². The van der Waals surface area contributed by atoms with Gasteiger partial charge in [0.1, 0.15) is 0 Å². The average molecular weight is 224 g/mol. The van der Waals surface area contributed by atoms with E-state index in [1.165, 1.54) is 0 Å². The second-order valence-electron chi connectivity index (χ2n) is 4.19. The molecule has 0 amide bonds. The van der Waals surface area contributed by atoms with Crippen LogP contribution in [0.1, 0.15) is 18.4 Å². The van der Waals surface area contributed by atoms with Crippen LogP contribution in [0.3, 0.4) is 0 Å². The molecule has 88 valence electrons. The molecule has 5 nitrogen and oxygen atoms in total. The number of hydrogen-bond donors (Lipinski definition) is 1. The summed E-state index contributed by atoms with van der Waals surface area (Å²) in [6.07, 6.45) is 5.49. The number of ether oxygens (including phenoxy) is 1. The molecule has 1 aromatic rings. The lowest BCUT2D eigenvalue weighted by atomic mass is 10.1. The van der Waals surface area contributed by atoms with Crippen LogP contribution in [0.4, 0.5) is 0 Å². The molecule has 1 atom stereocenters. The molecule has 0 aliphatic carbocycles. The molecule has 0 bridgehead atoms. The van der Waals surface area contributed by atoms with Gasteiger partial charge in [0.2, 0.25) is 0 Å². The van der Waals surface area contributed by atoms with Gasteiger partial charge in [-0.05, 0) is 18.4 Å². The monoisotopic (exact) mass is 224 g/mol. The van der Waals surface area contributed by atoms with Crippen molar-refractivity contribution < 1.29 is 14.6 Å². The molecule has 0 spiro atoms. The summed E-state index contributed by atoms with van der Waals surface area (Å²) >= 11 is 0. The number of aliphatic carboxylic acids is 1. The second kappa shape index (κ2) is 5.12. The maximum Gasteiger partial charge on any atom is 0.303 e. The summed E-state index contributed by atoms with van der Waals surface area (Å²) in [4.78, 5) is 10.4. The van der Waals surface area contributed by atoms with E-state index in [0.29, 0.717) is 12.3 Å². The van der Waals surface area contributed by atoms with Crippen LogP contribution in [0.15, 0.2) is 12.4 Å². The number of nitrogens with zero attached hydrogens (tertiary/aromatic N) is 2. The molecule has 1 aromatic heterocycles. The third-order valence-electron chi connectivity index (χ3n) is 2.78. The van der Waals surface area contributed by atoms with Crippen molar-refractivity contribution in [3.63, 3.8) is 0 Å². The van der Waals surface area contributed by atoms with Crippen molar-refractivity contribution in [1.82, 2.24) is 9.78 Å². The first-order chi connectivity index (χ1) is 7.74. The van der Waals surface area contributed by atoms with E-state index in [1.807, 2.05) is 10.9 Å². The van der Waals surface area contributed by atoms with Gasteiger partial charge in [0.15, 0.2) is 0 Å². The third kappa shape index (κ3) is 3.06. The van der Waals surface area contributed by atoms with Gasteiger partial charge in [0.25, 0.3) is 0 Å². The summed E-state index contributed by atoms with van der Waals surface area (Å²) in [5.74, 6) is -0.218. The van der Waals surface area contributed by atoms with Crippen LogP contribution in [0, 0.1) is 5.92 Å². The fraction of sp³-hybridized carbons (Fsp3) is 0.636. The summed E-state index contributed by atoms with van der Waals surface area (Å²) in [6, 6.07) is 0. The highest BCUT2D eigenvalue weighted by Crippen LogP contribution is 2.14. The van der Waals surface area contributed by atoms with E-state index in [0.717, 1.165) is 31.7 Å². The highest BCUT2D eigenvalue weighted by molar-refractivity contribution is 5.67. The quantitative estimate of drug-likeness (QED) is 0.808. The number of aryl methyl sites for hydroxylation is 1. The van der Waals surface area contributed by atoms with E-state index >= 15 is 0 Å². The molecule has 1 aliphatic rings. The van der Waals surface area contributed by atoms with Gasteiger partial charge in [0.05, 0.1) is 12.8 Å². The second-order valence-corrected chi connectivity index (χ2v) is 4.19. The standard InChI is InChI=1S/C11H16N2O3/c14-11(15)2-1-9-5-12-13(6-9)7-10-3-4-16-8-10/h5-6,10H,1-4,7-8H2,(H,14,15). The number of rotatable bonds is 5. The molecule has 16 heavy (non-hydrogen) atoms. The Labute approximate surface area is 94.0 Å². The Bertz CT molecular complexity index is 356. The normalized spacial score (nSPS) is 20.1. The molecule has 0 aromatic carbocycles. The molecular weight excluding hydrogens is 208 g/mol. The maximum atomic E-state index is 10.4. The van der Waals surface area contributed by atoms with Gasteiger partial charge in [0, 0.05) is 31.7 Å². The Hall–Kier alpha value is -1.36. The number of aromatic nitrogens is 2. The molecule has 1 unspecified atom stereocenters. The van der Waals surface area contributed by atoms with Crippen LogP contribution in [0.25, 0.3) is 0 Å². The molecule has 0 saturated carbocycles. The Kier molecular flexibility index (Phi) is 3.56. The first kappa shape index (κ1) is 11.1. The van der Waals surface area contributed by atoms with Crippen LogP contribution in [-0.4, -0.2) is 34.1 Å². The Morgan fingerprint density at radius 3 is 3.25 bits per heavy atom. The Morgan fingerprint density at radius 2 is 2.56 bits per heavy atom. The van der Waals surface area contributed by atoms with Gasteiger partial charge >= 0.3 is 5.97 Å². The molecule has 1 aliphatic heterocycles. The summed E-state index contributed by atoms with van der Waals surface area (Å²) in [5.41, 5.74) is 0.987. The Morgan fingerprint density at radius 1 is 1.69 bits per heavy atom. The highest BCUT2D eigenvalue weighted by Gasteiger charge is 2.16. The molecule has 1 N–H and O–H groups in total. The third-order valence-corrected chi connectivity index (χ3v) is 2.78. The van der Waals surface area contributed by atoms with Crippen molar-refractivity contribution in [2.75, 3.05) is 13.2 Å². The van der Waals surface area contributed by atoms with E-state index < -0.39 is 5.97 Å². The van der Waals surface area contributed by atoms with Crippen LogP contribution >= 0.6 is 0 Å². The van der Waals surface area contributed by atoms with E-state index in [2.05, 4.69) is 5.10 Å². The van der Waals surface area contributed by atoms with Gasteiger partial charge in [-0.1, -0.05) is 0 Å². The topological polar surface area (TPSA) is 64.3 Å². The lowest BCUT2D eigenvalue weighted by molar-refractivity contribution is -0.136. The highest BCUT2D eigenvalue weighted by atomic mass is 16.5. The van der Waals surface area contributed by atoms with Gasteiger partial charge in [-0.2, -0.15) is 5.10 Å². The SMILES string of the molecule is O=C(O)CCc1cnn(CC2CCOC2)c1. The van der Waals surface area contributed by atoms with Crippen LogP contribution < -0.4 is 0 Å². The van der Waals surface area contributed by atoms with Crippen LogP contribution in [0.2, 0.25) is 0 Å². The molecule has 2 rings (SSSR count). The van der Waals surface area contributed by atoms with Crippen molar-refractivity contribution >= 4 is 5.97 Å². The van der Waals surface area contributed by atoms with Gasteiger partial charge in [-0.3, -0.25) is 9.48 Å². The lowest BCUT2D eigenvalue weighted by Gasteiger charge is -2.06. The fourth-order valence-electron chi connectivity index (χ4n) is 1.88. The number of hydrogen-bond acceptors (Lipinski definition) is 3. The fourth-order valence-corrected chi connectivity index (χ4v) is 1.88. The molecule has 2 heterocycles. The average Bonchev–Trinajstić information content (AvgIpc) is 2.87. The molecule has 0 radical (unpaired) electrons. The van der Waals surface area contributed by atoms with E-state index in [9.17, 15) is 4.79 Å². The van der Waals surface area contributed by atoms with Gasteiger partial charge in [-0.25, -0.2) is 0 Å². The van der Waals surface area contributed by atoms with Crippen LogP contribution in [0.5, 0.6) is 0 Å². The zero-order valence-corrected chi connectivity index (χ0v) is 9.13. The summed E-state index contributed by atoms with van der Waals surface area (Å²) in [5, 5.41) is 12.8. The summed E-state index contributed by atoms with van der Waals surface area (Å²) < 4.78 is 7.18. The summed E-state index contributed by atoms with van der Waals surface area (Å²) in [6.45, 7) is 2.52. The van der Waals surface area contributed by atoms with Gasteiger partial charge < -0.3 is 9.84 Å². The predicted molar refractivity (Wildman–Crippen MR) is 57.1 cm³/mol. The van der Waals surface area contributed by atoms with Crippen LogP contribution in [-0.2, 0) is 22.5 Å². The first-order valence-corrected chi connectivity index (χ1v) is 5.55. The predicted octanol–water partition coefficient (Wildman–Crippen LogP) is 0.937. The lowest BCUT2D eigenvalue weighted by Crippen LogP contribution is -2.10. The minimum absolute atomic E-state index is 0.165. The minimum atomic E-state index is -0.767. The molecule has 5 heteroatoms. The smallest absolute Gasteiger partial charge is 0.303 e.